The minimum atomic E-state index is -0.375. The molecule has 0 spiro atoms. The summed E-state index contributed by atoms with van der Waals surface area (Å²) in [5.74, 6) is -0.468. The van der Waals surface area contributed by atoms with Gasteiger partial charge in [-0.15, -0.1) is 0 Å². The van der Waals surface area contributed by atoms with E-state index in [2.05, 4.69) is 15.3 Å². The highest BCUT2D eigenvalue weighted by Crippen LogP contribution is 2.36. The summed E-state index contributed by atoms with van der Waals surface area (Å²) >= 11 is 0. The average Bonchev–Trinajstić information content (AvgIpc) is 2.76. The Morgan fingerprint density at radius 3 is 2.63 bits per heavy atom. The van der Waals surface area contributed by atoms with Gasteiger partial charge in [0, 0.05) is 11.8 Å². The Bertz CT molecular complexity index is 1060. The van der Waals surface area contributed by atoms with Gasteiger partial charge in [0.1, 0.15) is 11.5 Å². The van der Waals surface area contributed by atoms with Crippen LogP contribution in [-0.2, 0) is 0 Å². The van der Waals surface area contributed by atoms with Crippen molar-refractivity contribution < 1.29 is 14.3 Å². The fourth-order valence-corrected chi connectivity index (χ4v) is 4.02. The lowest BCUT2D eigenvalue weighted by Gasteiger charge is -2.27. The van der Waals surface area contributed by atoms with Crippen LogP contribution < -0.4 is 5.32 Å². The van der Waals surface area contributed by atoms with Gasteiger partial charge in [-0.1, -0.05) is 18.2 Å². The van der Waals surface area contributed by atoms with Crippen LogP contribution in [0.5, 0.6) is 0 Å². The number of aliphatic hydroxyl groups is 1. The molecule has 4 rings (SSSR count). The molecule has 0 bridgehead atoms. The Balaban J connectivity index is 1.60. The molecule has 154 valence electrons. The van der Waals surface area contributed by atoms with Crippen LogP contribution in [0.1, 0.15) is 53.2 Å². The van der Waals surface area contributed by atoms with Gasteiger partial charge in [0.2, 0.25) is 0 Å². The van der Waals surface area contributed by atoms with Gasteiger partial charge in [-0.25, -0.2) is 9.37 Å². The summed E-state index contributed by atoms with van der Waals surface area (Å²) in [6.45, 7) is 1.84. The number of rotatable bonds is 4. The molecule has 2 heterocycles. The summed E-state index contributed by atoms with van der Waals surface area (Å²) < 4.78 is 14.3. The third-order valence-corrected chi connectivity index (χ3v) is 5.70. The molecular weight excluding hydrogens is 381 g/mol. The van der Waals surface area contributed by atoms with Crippen LogP contribution in [0.2, 0.25) is 0 Å². The van der Waals surface area contributed by atoms with Crippen molar-refractivity contribution in [2.45, 2.75) is 44.6 Å². The van der Waals surface area contributed by atoms with Crippen LogP contribution in [0.3, 0.4) is 0 Å². The van der Waals surface area contributed by atoms with E-state index in [1.807, 2.05) is 13.0 Å². The first-order valence-electron chi connectivity index (χ1n) is 10.2. The van der Waals surface area contributed by atoms with E-state index < -0.39 is 0 Å². The lowest BCUT2D eigenvalue weighted by molar-refractivity contribution is 0.102. The van der Waals surface area contributed by atoms with Crippen molar-refractivity contribution in [3.05, 3.63) is 77.5 Å². The van der Waals surface area contributed by atoms with Crippen molar-refractivity contribution in [2.75, 3.05) is 5.32 Å². The first-order chi connectivity index (χ1) is 14.5. The quantitative estimate of drug-likeness (QED) is 0.650. The number of hydrogen-bond donors (Lipinski definition) is 2. The number of pyridine rings is 2. The van der Waals surface area contributed by atoms with Gasteiger partial charge < -0.3 is 10.4 Å². The predicted molar refractivity (Wildman–Crippen MR) is 114 cm³/mol. The summed E-state index contributed by atoms with van der Waals surface area (Å²) in [5, 5.41) is 12.7. The van der Waals surface area contributed by atoms with Crippen LogP contribution in [0, 0.1) is 12.7 Å². The number of aliphatic hydroxyl groups excluding tert-OH is 1. The van der Waals surface area contributed by atoms with Gasteiger partial charge in [-0.3, -0.25) is 9.78 Å². The topological polar surface area (TPSA) is 75.1 Å². The number of hydrogen-bond acceptors (Lipinski definition) is 4. The van der Waals surface area contributed by atoms with E-state index in [-0.39, 0.29) is 29.4 Å². The van der Waals surface area contributed by atoms with Crippen molar-refractivity contribution in [3.8, 4) is 11.3 Å². The maximum Gasteiger partial charge on any atom is 0.274 e. The normalized spacial score (nSPS) is 18.8. The number of aryl methyl sites for hydroxylation is 1. The van der Waals surface area contributed by atoms with Gasteiger partial charge in [-0.2, -0.15) is 0 Å². The highest BCUT2D eigenvalue weighted by Gasteiger charge is 2.24. The third kappa shape index (κ3) is 4.24. The van der Waals surface area contributed by atoms with Gasteiger partial charge in [0.15, 0.2) is 0 Å². The molecule has 1 saturated carbocycles. The number of aromatic nitrogens is 2. The third-order valence-electron chi connectivity index (χ3n) is 5.70. The van der Waals surface area contributed by atoms with Crippen molar-refractivity contribution in [3.63, 3.8) is 0 Å². The second-order valence-electron chi connectivity index (χ2n) is 7.76. The lowest BCUT2D eigenvalue weighted by atomic mass is 9.82. The van der Waals surface area contributed by atoms with E-state index in [1.54, 1.807) is 42.7 Å². The van der Waals surface area contributed by atoms with Crippen LogP contribution in [0.25, 0.3) is 11.3 Å². The smallest absolute Gasteiger partial charge is 0.274 e. The number of halogens is 1. The zero-order valence-electron chi connectivity index (χ0n) is 16.8. The van der Waals surface area contributed by atoms with Crippen LogP contribution in [-0.4, -0.2) is 27.1 Å². The van der Waals surface area contributed by atoms with E-state index in [1.165, 1.54) is 6.07 Å². The zero-order valence-corrected chi connectivity index (χ0v) is 16.8. The minimum absolute atomic E-state index is 0.215. The number of benzene rings is 1. The van der Waals surface area contributed by atoms with Gasteiger partial charge >= 0.3 is 0 Å². The van der Waals surface area contributed by atoms with E-state index in [9.17, 15) is 14.3 Å². The predicted octanol–water partition coefficient (Wildman–Crippen LogP) is 4.86. The van der Waals surface area contributed by atoms with Crippen molar-refractivity contribution in [1.82, 2.24) is 9.97 Å². The maximum atomic E-state index is 14.3. The van der Waals surface area contributed by atoms with Crippen LogP contribution in [0.15, 0.2) is 54.9 Å². The van der Waals surface area contributed by atoms with Crippen molar-refractivity contribution >= 4 is 11.6 Å². The molecular formula is C24H24FN3O2. The number of carbonyl (C=O) groups is 1. The molecule has 2 N–H and O–H groups in total. The SMILES string of the molecule is Cc1ccc(C(=O)Nc2cnccc2[C@H]2CC[C@@H](O)CC2)nc1-c1ccccc1F. The second kappa shape index (κ2) is 8.71. The zero-order chi connectivity index (χ0) is 21.1. The van der Waals surface area contributed by atoms with E-state index in [0.29, 0.717) is 16.9 Å². The Kier molecular flexibility index (Phi) is 5.86. The van der Waals surface area contributed by atoms with Crippen molar-refractivity contribution in [2.24, 2.45) is 0 Å². The Morgan fingerprint density at radius 1 is 1.10 bits per heavy atom. The maximum absolute atomic E-state index is 14.3. The standard InChI is InChI=1S/C24H24FN3O2/c1-15-6-11-21(27-23(15)19-4-2-3-5-20(19)25)24(30)28-22-14-26-13-12-18(22)16-7-9-17(29)10-8-16/h2-6,11-14,16-17,29H,7-10H2,1H3,(H,28,30)/t16-,17+. The molecule has 0 radical (unpaired) electrons. The summed E-state index contributed by atoms with van der Waals surface area (Å²) in [4.78, 5) is 21.6. The Morgan fingerprint density at radius 2 is 1.87 bits per heavy atom. The highest BCUT2D eigenvalue weighted by molar-refractivity contribution is 6.03. The molecule has 0 saturated heterocycles. The molecule has 1 aliphatic rings. The average molecular weight is 405 g/mol. The molecule has 0 unspecified atom stereocenters. The van der Waals surface area contributed by atoms with E-state index in [4.69, 9.17) is 0 Å². The largest absolute Gasteiger partial charge is 0.393 e. The van der Waals surface area contributed by atoms with Crippen LogP contribution >= 0.6 is 0 Å². The van der Waals surface area contributed by atoms with Crippen molar-refractivity contribution in [1.29, 1.82) is 0 Å². The van der Waals surface area contributed by atoms with E-state index >= 15 is 0 Å². The summed E-state index contributed by atoms with van der Waals surface area (Å²) in [5.41, 5.74) is 3.50. The molecule has 30 heavy (non-hydrogen) atoms. The Labute approximate surface area is 175 Å². The number of anilines is 1. The first-order valence-corrected chi connectivity index (χ1v) is 10.2. The Hall–Kier alpha value is -3.12. The first kappa shape index (κ1) is 20.2. The molecule has 3 aromatic rings. The molecule has 1 fully saturated rings. The fourth-order valence-electron chi connectivity index (χ4n) is 4.02. The van der Waals surface area contributed by atoms with Gasteiger partial charge in [0.25, 0.3) is 5.91 Å². The number of nitrogens with one attached hydrogen (secondary N) is 1. The highest BCUT2D eigenvalue weighted by atomic mass is 19.1. The summed E-state index contributed by atoms with van der Waals surface area (Å²) in [6.07, 6.45) is 6.37. The molecule has 1 aromatic carbocycles. The number of amides is 1. The molecule has 1 amide bonds. The van der Waals surface area contributed by atoms with E-state index in [0.717, 1.165) is 36.8 Å². The fraction of sp³-hybridized carbons (Fsp3) is 0.292. The molecule has 1 aliphatic carbocycles. The number of carbonyl (C=O) groups excluding carboxylic acids is 1. The summed E-state index contributed by atoms with van der Waals surface area (Å²) in [6, 6.07) is 11.7. The number of nitrogens with zero attached hydrogens (tertiary/aromatic N) is 2. The van der Waals surface area contributed by atoms with Crippen LogP contribution in [0.4, 0.5) is 10.1 Å². The monoisotopic (exact) mass is 405 g/mol. The summed E-state index contributed by atoms with van der Waals surface area (Å²) in [7, 11) is 0. The molecule has 0 atom stereocenters. The molecule has 5 nitrogen and oxygen atoms in total. The van der Waals surface area contributed by atoms with Gasteiger partial charge in [-0.05, 0) is 73.9 Å². The molecule has 6 heteroatoms. The lowest BCUT2D eigenvalue weighted by Crippen LogP contribution is -2.20. The minimum Gasteiger partial charge on any atom is -0.393 e. The van der Waals surface area contributed by atoms with Gasteiger partial charge in [0.05, 0.1) is 23.7 Å². The molecule has 0 aliphatic heterocycles. The second-order valence-corrected chi connectivity index (χ2v) is 7.76. The molecule has 2 aromatic heterocycles.